The van der Waals surface area contributed by atoms with Crippen LogP contribution in [0.3, 0.4) is 0 Å². The highest BCUT2D eigenvalue weighted by atomic mass is 127. The molecule has 126 valence electrons. The maximum Gasteiger partial charge on any atom is 0.121 e. The van der Waals surface area contributed by atoms with E-state index in [4.69, 9.17) is 0 Å². The fourth-order valence-electron chi connectivity index (χ4n) is 3.78. The van der Waals surface area contributed by atoms with E-state index >= 15 is 0 Å². The topological polar surface area (TPSA) is 0 Å². The third kappa shape index (κ3) is 4.07. The van der Waals surface area contributed by atoms with Gasteiger partial charge in [0, 0.05) is 9.49 Å². The molecule has 1 aliphatic rings. The lowest BCUT2D eigenvalue weighted by atomic mass is 9.70. The molecule has 23 heavy (non-hydrogen) atoms. The number of halogens is 2. The molecule has 0 heterocycles. The number of hydrogen-bond acceptors (Lipinski definition) is 0. The molecule has 0 bridgehead atoms. The molecule has 1 aromatic carbocycles. The molecule has 0 spiro atoms. The Morgan fingerprint density at radius 2 is 2.09 bits per heavy atom. The molecule has 0 aliphatic heterocycles. The third-order valence-electron chi connectivity index (χ3n) is 5.19. The summed E-state index contributed by atoms with van der Waals surface area (Å²) >= 11 is 2.46. The smallest absolute Gasteiger partial charge is 0.121 e. The molecule has 0 saturated carbocycles. The Morgan fingerprint density at radius 3 is 2.65 bits per heavy atom. The van der Waals surface area contributed by atoms with E-state index in [1.54, 1.807) is 0 Å². The lowest BCUT2D eigenvalue weighted by Crippen LogP contribution is -2.28. The first-order valence-corrected chi connectivity index (χ1v) is 9.70. The molecule has 0 amide bonds. The fraction of sp³-hybridized carbons (Fsp3) is 0.524. The van der Waals surface area contributed by atoms with Crippen molar-refractivity contribution in [2.24, 2.45) is 11.8 Å². The van der Waals surface area contributed by atoms with Crippen LogP contribution in [0.1, 0.15) is 56.2 Å². The molecule has 1 aromatic rings. The second-order valence-electron chi connectivity index (χ2n) is 6.96. The quantitative estimate of drug-likeness (QED) is 0.360. The van der Waals surface area contributed by atoms with Crippen molar-refractivity contribution in [2.75, 3.05) is 0 Å². The van der Waals surface area contributed by atoms with Gasteiger partial charge in [-0.05, 0) is 89.4 Å². The van der Waals surface area contributed by atoms with Gasteiger partial charge in [-0.3, -0.25) is 0 Å². The summed E-state index contributed by atoms with van der Waals surface area (Å²) in [6, 6.07) is 4.63. The van der Waals surface area contributed by atoms with Crippen LogP contribution in [0.2, 0.25) is 0 Å². The zero-order chi connectivity index (χ0) is 17.1. The van der Waals surface area contributed by atoms with Crippen LogP contribution in [0.5, 0.6) is 0 Å². The summed E-state index contributed by atoms with van der Waals surface area (Å²) in [5.74, 6) is 0.890. The van der Waals surface area contributed by atoms with Crippen LogP contribution in [-0.4, -0.2) is 6.17 Å². The van der Waals surface area contributed by atoms with Gasteiger partial charge in [-0.25, -0.2) is 4.39 Å². The van der Waals surface area contributed by atoms with E-state index in [1.807, 2.05) is 13.0 Å². The minimum Gasteiger partial charge on any atom is -0.243 e. The third-order valence-corrected chi connectivity index (χ3v) is 6.08. The minimum absolute atomic E-state index is 0.287. The van der Waals surface area contributed by atoms with Gasteiger partial charge in [0.15, 0.2) is 0 Å². The van der Waals surface area contributed by atoms with Crippen LogP contribution >= 0.6 is 22.6 Å². The highest BCUT2D eigenvalue weighted by Gasteiger charge is 2.34. The van der Waals surface area contributed by atoms with E-state index in [2.05, 4.69) is 68.1 Å². The monoisotopic (exact) mass is 426 g/mol. The number of rotatable bonds is 5. The van der Waals surface area contributed by atoms with Crippen molar-refractivity contribution in [3.63, 3.8) is 0 Å². The first-order valence-electron chi connectivity index (χ1n) is 8.62. The molecule has 2 rings (SSSR count). The number of aryl methyl sites for hydroxylation is 2. The van der Waals surface area contributed by atoms with Crippen LogP contribution in [0.4, 0.5) is 4.39 Å². The molecule has 4 atom stereocenters. The van der Waals surface area contributed by atoms with E-state index in [0.29, 0.717) is 12.3 Å². The molecular weight excluding hydrogens is 398 g/mol. The van der Waals surface area contributed by atoms with Gasteiger partial charge >= 0.3 is 0 Å². The highest BCUT2D eigenvalue weighted by molar-refractivity contribution is 14.1. The summed E-state index contributed by atoms with van der Waals surface area (Å²) in [6.45, 7) is 12.5. The van der Waals surface area contributed by atoms with Crippen molar-refractivity contribution in [3.8, 4) is 0 Å². The summed E-state index contributed by atoms with van der Waals surface area (Å²) in [6.07, 6.45) is 6.23. The molecule has 0 aromatic heterocycles. The Morgan fingerprint density at radius 1 is 1.39 bits per heavy atom. The van der Waals surface area contributed by atoms with Gasteiger partial charge in [0.2, 0.25) is 0 Å². The molecule has 4 unspecified atom stereocenters. The number of benzene rings is 1. The first-order chi connectivity index (χ1) is 10.9. The van der Waals surface area contributed by atoms with Crippen molar-refractivity contribution in [2.45, 2.75) is 59.0 Å². The lowest BCUT2D eigenvalue weighted by Gasteiger charge is -2.36. The molecule has 0 N–H and O–H groups in total. The number of hydrogen-bond donors (Lipinski definition) is 0. The molecule has 0 fully saturated rings. The van der Waals surface area contributed by atoms with Crippen LogP contribution in [0.25, 0.3) is 0 Å². The Hall–Kier alpha value is -0.640. The minimum atomic E-state index is -0.809. The van der Waals surface area contributed by atoms with Gasteiger partial charge in [-0.15, -0.1) is 6.58 Å². The van der Waals surface area contributed by atoms with E-state index < -0.39 is 6.17 Å². The van der Waals surface area contributed by atoms with Gasteiger partial charge in [-0.1, -0.05) is 38.5 Å². The maximum atomic E-state index is 14.3. The summed E-state index contributed by atoms with van der Waals surface area (Å²) in [5.41, 5.74) is 5.02. The first kappa shape index (κ1) is 18.7. The molecule has 2 heteroatoms. The fourth-order valence-corrected chi connectivity index (χ4v) is 4.96. The SMILES string of the molecule is C=CC(C)C1CC(F)C(C)=CC1c1c(C)cc(CCC)cc1I. The summed E-state index contributed by atoms with van der Waals surface area (Å²) in [7, 11) is 0. The van der Waals surface area contributed by atoms with E-state index in [0.717, 1.165) is 18.4 Å². The predicted molar refractivity (Wildman–Crippen MR) is 107 cm³/mol. The van der Waals surface area contributed by atoms with Gasteiger partial charge in [0.25, 0.3) is 0 Å². The Balaban J connectivity index is 2.50. The van der Waals surface area contributed by atoms with Crippen LogP contribution in [0.15, 0.2) is 36.4 Å². The van der Waals surface area contributed by atoms with Gasteiger partial charge < -0.3 is 0 Å². The normalized spacial score (nSPS) is 25.8. The zero-order valence-corrected chi connectivity index (χ0v) is 16.9. The second kappa shape index (κ2) is 7.96. The predicted octanol–water partition coefficient (Wildman–Crippen LogP) is 6.76. The van der Waals surface area contributed by atoms with Gasteiger partial charge in [0.05, 0.1) is 0 Å². The zero-order valence-electron chi connectivity index (χ0n) is 14.7. The number of alkyl halides is 1. The molecule has 0 radical (unpaired) electrons. The van der Waals surface area contributed by atoms with Crippen molar-refractivity contribution in [1.29, 1.82) is 0 Å². The van der Waals surface area contributed by atoms with Crippen molar-refractivity contribution >= 4 is 22.6 Å². The number of allylic oxidation sites excluding steroid dienone is 3. The lowest BCUT2D eigenvalue weighted by molar-refractivity contribution is 0.238. The van der Waals surface area contributed by atoms with Gasteiger partial charge in [0.1, 0.15) is 6.17 Å². The Bertz CT molecular complexity index is 579. The summed E-state index contributed by atoms with van der Waals surface area (Å²) in [5, 5.41) is 0. The molecule has 0 saturated heterocycles. The van der Waals surface area contributed by atoms with Crippen LogP contribution in [-0.2, 0) is 6.42 Å². The molecule has 1 aliphatic carbocycles. The molecular formula is C21H28FI. The summed E-state index contributed by atoms with van der Waals surface area (Å²) < 4.78 is 15.6. The Kier molecular flexibility index (Phi) is 6.47. The largest absolute Gasteiger partial charge is 0.243 e. The van der Waals surface area contributed by atoms with Crippen LogP contribution in [0, 0.1) is 22.3 Å². The average Bonchev–Trinajstić information content (AvgIpc) is 2.49. The van der Waals surface area contributed by atoms with E-state index in [9.17, 15) is 4.39 Å². The molecule has 0 nitrogen and oxygen atoms in total. The summed E-state index contributed by atoms with van der Waals surface area (Å²) in [4.78, 5) is 0. The van der Waals surface area contributed by atoms with Gasteiger partial charge in [-0.2, -0.15) is 0 Å². The Labute approximate surface area is 154 Å². The van der Waals surface area contributed by atoms with Crippen LogP contribution < -0.4 is 0 Å². The van der Waals surface area contributed by atoms with Crippen molar-refractivity contribution in [1.82, 2.24) is 0 Å². The average molecular weight is 426 g/mol. The van der Waals surface area contributed by atoms with Crippen molar-refractivity contribution in [3.05, 3.63) is 56.7 Å². The van der Waals surface area contributed by atoms with Crippen molar-refractivity contribution < 1.29 is 4.39 Å². The highest BCUT2D eigenvalue weighted by Crippen LogP contribution is 2.44. The van der Waals surface area contributed by atoms with E-state index in [1.165, 1.54) is 20.3 Å². The second-order valence-corrected chi connectivity index (χ2v) is 8.12. The standard InChI is InChI=1S/C21H28FI/c1-6-8-16-9-15(5)21(20(23)11-16)18-10-14(4)19(22)12-17(18)13(3)7-2/h7,9-11,13,17-19H,2,6,8,12H2,1,3-5H3. The maximum absolute atomic E-state index is 14.3. The van der Waals surface area contributed by atoms with E-state index in [-0.39, 0.29) is 11.8 Å².